The summed E-state index contributed by atoms with van der Waals surface area (Å²) in [6, 6.07) is 5.44. The lowest BCUT2D eigenvalue weighted by atomic mass is 9.90. The summed E-state index contributed by atoms with van der Waals surface area (Å²) < 4.78 is 0. The maximum atomic E-state index is 10.0. The molecular weight excluding hydrogens is 226 g/mol. The van der Waals surface area contributed by atoms with Gasteiger partial charge in [-0.25, -0.2) is 0 Å². The summed E-state index contributed by atoms with van der Waals surface area (Å²) in [6.07, 6.45) is 2.03. The highest BCUT2D eigenvalue weighted by Gasteiger charge is 2.18. The van der Waals surface area contributed by atoms with E-state index in [0.29, 0.717) is 12.2 Å². The zero-order chi connectivity index (χ0) is 13.7. The first-order valence-corrected chi connectivity index (χ1v) is 6.68. The Morgan fingerprint density at radius 1 is 1.33 bits per heavy atom. The van der Waals surface area contributed by atoms with Crippen LogP contribution in [0.2, 0.25) is 0 Å². The number of phenolic OH excluding ortho intramolecular Hbond substituents is 1. The Balaban J connectivity index is 2.64. The van der Waals surface area contributed by atoms with Crippen LogP contribution in [0.25, 0.3) is 0 Å². The second kappa shape index (κ2) is 6.76. The minimum atomic E-state index is -0.464. The summed E-state index contributed by atoms with van der Waals surface area (Å²) in [5.74, 6) is 0.552. The molecule has 0 aliphatic heterocycles. The Morgan fingerprint density at radius 3 is 2.56 bits per heavy atom. The van der Waals surface area contributed by atoms with E-state index in [9.17, 15) is 10.2 Å². The number of rotatable bonds is 6. The molecule has 0 aliphatic rings. The molecule has 3 heteroatoms. The Hall–Kier alpha value is -1.06. The van der Waals surface area contributed by atoms with Gasteiger partial charge < -0.3 is 15.9 Å². The van der Waals surface area contributed by atoms with E-state index in [2.05, 4.69) is 13.8 Å². The van der Waals surface area contributed by atoms with Gasteiger partial charge in [0.1, 0.15) is 5.75 Å². The Kier molecular flexibility index (Phi) is 5.63. The van der Waals surface area contributed by atoms with Crippen LogP contribution in [-0.2, 0) is 0 Å². The summed E-state index contributed by atoms with van der Waals surface area (Å²) in [6.45, 7) is 6.03. The van der Waals surface area contributed by atoms with Gasteiger partial charge in [0.2, 0.25) is 0 Å². The SMILES string of the molecule is CCCC(N)C(O)CC(C)c1ccc(O)c(C)c1. The zero-order valence-corrected chi connectivity index (χ0v) is 11.6. The zero-order valence-electron chi connectivity index (χ0n) is 11.6. The van der Waals surface area contributed by atoms with Gasteiger partial charge in [-0.1, -0.05) is 32.4 Å². The van der Waals surface area contributed by atoms with Crippen LogP contribution in [-0.4, -0.2) is 22.4 Å². The predicted octanol–water partition coefficient (Wildman–Crippen LogP) is 2.68. The van der Waals surface area contributed by atoms with E-state index in [4.69, 9.17) is 5.73 Å². The largest absolute Gasteiger partial charge is 0.508 e. The van der Waals surface area contributed by atoms with Crippen LogP contribution in [0, 0.1) is 6.92 Å². The van der Waals surface area contributed by atoms with Crippen molar-refractivity contribution in [3.63, 3.8) is 0 Å². The van der Waals surface area contributed by atoms with Gasteiger partial charge in [-0.3, -0.25) is 0 Å². The van der Waals surface area contributed by atoms with Crippen LogP contribution in [0.5, 0.6) is 5.75 Å². The predicted molar refractivity (Wildman–Crippen MR) is 74.8 cm³/mol. The van der Waals surface area contributed by atoms with E-state index in [1.54, 1.807) is 6.07 Å². The van der Waals surface area contributed by atoms with Crippen molar-refractivity contribution < 1.29 is 10.2 Å². The molecule has 0 radical (unpaired) electrons. The van der Waals surface area contributed by atoms with Gasteiger partial charge >= 0.3 is 0 Å². The smallest absolute Gasteiger partial charge is 0.118 e. The van der Waals surface area contributed by atoms with Gasteiger partial charge in [0.25, 0.3) is 0 Å². The van der Waals surface area contributed by atoms with Crippen LogP contribution >= 0.6 is 0 Å². The van der Waals surface area contributed by atoms with E-state index in [-0.39, 0.29) is 12.0 Å². The van der Waals surface area contributed by atoms with Gasteiger partial charge in [-0.2, -0.15) is 0 Å². The molecule has 3 nitrogen and oxygen atoms in total. The lowest BCUT2D eigenvalue weighted by Crippen LogP contribution is -2.35. The molecule has 0 saturated carbocycles. The average molecular weight is 251 g/mol. The first-order valence-electron chi connectivity index (χ1n) is 6.68. The number of aliphatic hydroxyl groups excluding tert-OH is 1. The van der Waals surface area contributed by atoms with E-state index in [1.165, 1.54) is 0 Å². The van der Waals surface area contributed by atoms with Gasteiger partial charge in [0.05, 0.1) is 6.10 Å². The highest BCUT2D eigenvalue weighted by molar-refractivity contribution is 5.36. The molecule has 1 aromatic carbocycles. The van der Waals surface area contributed by atoms with Gasteiger partial charge in [0.15, 0.2) is 0 Å². The normalized spacial score (nSPS) is 16.3. The fourth-order valence-corrected chi connectivity index (χ4v) is 2.18. The Bertz CT molecular complexity index is 379. The third kappa shape index (κ3) is 4.00. The summed E-state index contributed by atoms with van der Waals surface area (Å²) in [5.41, 5.74) is 7.92. The molecule has 102 valence electrons. The fraction of sp³-hybridized carbons (Fsp3) is 0.600. The van der Waals surface area contributed by atoms with Gasteiger partial charge in [0, 0.05) is 6.04 Å². The lowest BCUT2D eigenvalue weighted by molar-refractivity contribution is 0.124. The van der Waals surface area contributed by atoms with Crippen LogP contribution in [0.1, 0.15) is 50.2 Å². The Labute approximate surface area is 110 Å². The number of aromatic hydroxyl groups is 1. The van der Waals surface area contributed by atoms with Crippen molar-refractivity contribution in [3.8, 4) is 5.75 Å². The monoisotopic (exact) mass is 251 g/mol. The van der Waals surface area contributed by atoms with Crippen molar-refractivity contribution in [2.75, 3.05) is 0 Å². The van der Waals surface area contributed by atoms with E-state index in [0.717, 1.165) is 24.0 Å². The third-order valence-corrected chi connectivity index (χ3v) is 3.50. The second-order valence-corrected chi connectivity index (χ2v) is 5.20. The lowest BCUT2D eigenvalue weighted by Gasteiger charge is -2.22. The summed E-state index contributed by atoms with van der Waals surface area (Å²) in [7, 11) is 0. The summed E-state index contributed by atoms with van der Waals surface area (Å²) >= 11 is 0. The van der Waals surface area contributed by atoms with Crippen molar-refractivity contribution in [1.82, 2.24) is 0 Å². The molecule has 3 atom stereocenters. The number of benzene rings is 1. The van der Waals surface area contributed by atoms with Crippen LogP contribution in [0.3, 0.4) is 0 Å². The molecule has 0 aromatic heterocycles. The quantitative estimate of drug-likeness (QED) is 0.728. The number of nitrogens with two attached hydrogens (primary N) is 1. The number of phenols is 1. The molecule has 0 heterocycles. The molecule has 0 amide bonds. The number of aliphatic hydroxyl groups is 1. The molecule has 0 bridgehead atoms. The summed E-state index contributed by atoms with van der Waals surface area (Å²) in [4.78, 5) is 0. The van der Waals surface area contributed by atoms with E-state index in [1.807, 2.05) is 19.1 Å². The number of aryl methyl sites for hydroxylation is 1. The average Bonchev–Trinajstić information content (AvgIpc) is 2.32. The third-order valence-electron chi connectivity index (χ3n) is 3.50. The molecule has 1 aromatic rings. The van der Waals surface area contributed by atoms with Crippen molar-refractivity contribution in [1.29, 1.82) is 0 Å². The molecule has 0 aliphatic carbocycles. The molecule has 0 spiro atoms. The van der Waals surface area contributed by atoms with Crippen molar-refractivity contribution >= 4 is 0 Å². The molecule has 1 rings (SSSR count). The molecule has 0 saturated heterocycles. The topological polar surface area (TPSA) is 66.5 Å². The van der Waals surface area contributed by atoms with E-state index >= 15 is 0 Å². The highest BCUT2D eigenvalue weighted by Crippen LogP contribution is 2.26. The molecule has 18 heavy (non-hydrogen) atoms. The maximum absolute atomic E-state index is 10.0. The molecule has 0 fully saturated rings. The van der Waals surface area contributed by atoms with E-state index < -0.39 is 6.10 Å². The Morgan fingerprint density at radius 2 is 2.00 bits per heavy atom. The molecule has 4 N–H and O–H groups in total. The first-order chi connectivity index (χ1) is 8.45. The fourth-order valence-electron chi connectivity index (χ4n) is 2.18. The van der Waals surface area contributed by atoms with Crippen molar-refractivity contribution in [2.45, 2.75) is 58.1 Å². The van der Waals surface area contributed by atoms with Crippen LogP contribution < -0.4 is 5.73 Å². The minimum absolute atomic E-state index is 0.143. The summed E-state index contributed by atoms with van der Waals surface area (Å²) in [5, 5.41) is 19.5. The maximum Gasteiger partial charge on any atom is 0.118 e. The number of hydrogen-bond acceptors (Lipinski definition) is 3. The highest BCUT2D eigenvalue weighted by atomic mass is 16.3. The van der Waals surface area contributed by atoms with Gasteiger partial charge in [-0.15, -0.1) is 0 Å². The second-order valence-electron chi connectivity index (χ2n) is 5.20. The van der Waals surface area contributed by atoms with Crippen LogP contribution in [0.15, 0.2) is 18.2 Å². The standard InChI is InChI=1S/C15H25NO2/c1-4-5-13(16)15(18)9-10(2)12-6-7-14(17)11(3)8-12/h6-8,10,13,15,17-18H,4-5,9,16H2,1-3H3. The van der Waals surface area contributed by atoms with Gasteiger partial charge in [-0.05, 0) is 42.9 Å². The number of hydrogen-bond donors (Lipinski definition) is 3. The minimum Gasteiger partial charge on any atom is -0.508 e. The van der Waals surface area contributed by atoms with Crippen molar-refractivity contribution in [3.05, 3.63) is 29.3 Å². The molecule has 3 unspecified atom stereocenters. The first kappa shape index (κ1) is 15.0. The van der Waals surface area contributed by atoms with Crippen molar-refractivity contribution in [2.24, 2.45) is 5.73 Å². The van der Waals surface area contributed by atoms with Crippen LogP contribution in [0.4, 0.5) is 0 Å². The molecular formula is C15H25NO2.